The Morgan fingerprint density at radius 1 is 1.03 bits per heavy atom. The number of hydrogen-bond acceptors (Lipinski definition) is 4. The van der Waals surface area contributed by atoms with E-state index in [0.717, 1.165) is 0 Å². The van der Waals surface area contributed by atoms with E-state index in [1.165, 1.54) is 49.6 Å². The van der Waals surface area contributed by atoms with Crippen LogP contribution >= 0.6 is 11.6 Å². The Bertz CT molecular complexity index is 1150. The SMILES string of the molecule is COc1ccc(C(=O)Nc2ccc(F)cc2)cc1S(=O)(=O)NCc1ccc(Cl)cc1. The van der Waals surface area contributed by atoms with E-state index < -0.39 is 21.7 Å². The van der Waals surface area contributed by atoms with Crippen molar-refractivity contribution < 1.29 is 22.3 Å². The fourth-order valence-electron chi connectivity index (χ4n) is 2.62. The van der Waals surface area contributed by atoms with Crippen molar-refractivity contribution in [3.8, 4) is 5.75 Å². The van der Waals surface area contributed by atoms with E-state index in [9.17, 15) is 17.6 Å². The van der Waals surface area contributed by atoms with Gasteiger partial charge in [-0.1, -0.05) is 23.7 Å². The predicted molar refractivity (Wildman–Crippen MR) is 113 cm³/mol. The number of halogens is 2. The van der Waals surface area contributed by atoms with Crippen LogP contribution in [0, 0.1) is 5.82 Å². The van der Waals surface area contributed by atoms with Gasteiger partial charge in [-0.3, -0.25) is 4.79 Å². The van der Waals surface area contributed by atoms with Crippen molar-refractivity contribution in [3.05, 3.63) is 88.7 Å². The molecule has 0 spiro atoms. The smallest absolute Gasteiger partial charge is 0.255 e. The first kappa shape index (κ1) is 21.8. The molecule has 2 N–H and O–H groups in total. The van der Waals surface area contributed by atoms with Crippen molar-refractivity contribution in [3.63, 3.8) is 0 Å². The van der Waals surface area contributed by atoms with E-state index >= 15 is 0 Å². The first-order valence-electron chi connectivity index (χ1n) is 8.77. The van der Waals surface area contributed by atoms with Crippen molar-refractivity contribution in [2.24, 2.45) is 0 Å². The Hall–Kier alpha value is -2.94. The normalized spacial score (nSPS) is 11.2. The molecule has 0 heterocycles. The maximum Gasteiger partial charge on any atom is 0.255 e. The molecule has 6 nitrogen and oxygen atoms in total. The molecule has 0 aromatic heterocycles. The third-order valence-corrected chi connectivity index (χ3v) is 5.87. The topological polar surface area (TPSA) is 84.5 Å². The average Bonchev–Trinajstić information content (AvgIpc) is 2.74. The summed E-state index contributed by atoms with van der Waals surface area (Å²) < 4.78 is 46.3. The third kappa shape index (κ3) is 5.35. The second-order valence-corrected chi connectivity index (χ2v) is 8.45. The minimum absolute atomic E-state index is 0.0364. The molecule has 1 amide bonds. The lowest BCUT2D eigenvalue weighted by molar-refractivity contribution is 0.102. The maximum absolute atomic E-state index is 13.0. The predicted octanol–water partition coefficient (Wildman–Crippen LogP) is 4.22. The Kier molecular flexibility index (Phi) is 6.71. The minimum atomic E-state index is -3.98. The van der Waals surface area contributed by atoms with Crippen LogP contribution < -0.4 is 14.8 Å². The van der Waals surface area contributed by atoms with E-state index in [2.05, 4.69) is 10.0 Å². The van der Waals surface area contributed by atoms with Crippen LogP contribution in [0.1, 0.15) is 15.9 Å². The molecule has 30 heavy (non-hydrogen) atoms. The van der Waals surface area contributed by atoms with Crippen LogP contribution in [0.2, 0.25) is 5.02 Å². The van der Waals surface area contributed by atoms with E-state index in [1.54, 1.807) is 24.3 Å². The van der Waals surface area contributed by atoms with Crippen LogP contribution in [-0.4, -0.2) is 21.4 Å². The summed E-state index contributed by atoms with van der Waals surface area (Å²) in [7, 11) is -2.64. The van der Waals surface area contributed by atoms with Crippen molar-refractivity contribution in [1.29, 1.82) is 0 Å². The van der Waals surface area contributed by atoms with E-state index in [0.29, 0.717) is 16.3 Å². The van der Waals surface area contributed by atoms with Gasteiger partial charge in [-0.2, -0.15) is 0 Å². The van der Waals surface area contributed by atoms with Gasteiger partial charge in [0.05, 0.1) is 7.11 Å². The van der Waals surface area contributed by atoms with Gasteiger partial charge >= 0.3 is 0 Å². The molecule has 0 radical (unpaired) electrons. The van der Waals surface area contributed by atoms with Crippen LogP contribution in [0.15, 0.2) is 71.6 Å². The molecule has 0 unspecified atom stereocenters. The number of benzene rings is 3. The number of sulfonamides is 1. The molecule has 0 saturated carbocycles. The molecule has 0 fully saturated rings. The van der Waals surface area contributed by atoms with Crippen molar-refractivity contribution in [1.82, 2.24) is 4.72 Å². The summed E-state index contributed by atoms with van der Waals surface area (Å²) in [6.07, 6.45) is 0. The lowest BCUT2D eigenvalue weighted by atomic mass is 10.2. The molecule has 9 heteroatoms. The second kappa shape index (κ2) is 9.25. The Balaban J connectivity index is 1.82. The molecule has 0 aliphatic heterocycles. The molecule has 3 aromatic rings. The molecule has 0 aliphatic rings. The van der Waals surface area contributed by atoms with Crippen LogP contribution in [0.25, 0.3) is 0 Å². The van der Waals surface area contributed by atoms with Crippen LogP contribution in [0.4, 0.5) is 10.1 Å². The molecular weight excluding hydrogens is 431 g/mol. The lowest BCUT2D eigenvalue weighted by Crippen LogP contribution is -2.24. The third-order valence-electron chi connectivity index (χ3n) is 4.20. The van der Waals surface area contributed by atoms with Gasteiger partial charge in [-0.15, -0.1) is 0 Å². The number of nitrogens with one attached hydrogen (secondary N) is 2. The summed E-state index contributed by atoms with van der Waals surface area (Å²) in [6.45, 7) is 0.0364. The Morgan fingerprint density at radius 2 is 1.70 bits per heavy atom. The monoisotopic (exact) mass is 448 g/mol. The fourth-order valence-corrected chi connectivity index (χ4v) is 3.96. The standard InChI is InChI=1S/C21H18ClFN2O4S/c1-29-19-11-4-15(21(26)25-18-9-7-17(23)8-10-18)12-20(19)30(27,28)24-13-14-2-5-16(22)6-3-14/h2-12,24H,13H2,1H3,(H,25,26). The second-order valence-electron chi connectivity index (χ2n) is 6.28. The molecule has 3 rings (SSSR count). The molecule has 0 atom stereocenters. The number of methoxy groups -OCH3 is 1. The highest BCUT2D eigenvalue weighted by atomic mass is 35.5. The maximum atomic E-state index is 13.0. The van der Waals surface area contributed by atoms with Crippen molar-refractivity contribution in [2.75, 3.05) is 12.4 Å². The fraction of sp³-hybridized carbons (Fsp3) is 0.0952. The number of rotatable bonds is 7. The molecular formula is C21H18ClFN2O4S. The van der Waals surface area contributed by atoms with Crippen LogP contribution in [-0.2, 0) is 16.6 Å². The summed E-state index contributed by atoms with van der Waals surface area (Å²) >= 11 is 5.84. The molecule has 0 bridgehead atoms. The zero-order valence-corrected chi connectivity index (χ0v) is 17.4. The van der Waals surface area contributed by atoms with Crippen molar-refractivity contribution >= 4 is 33.2 Å². The van der Waals surface area contributed by atoms with E-state index in [4.69, 9.17) is 16.3 Å². The first-order chi connectivity index (χ1) is 14.3. The largest absolute Gasteiger partial charge is 0.495 e. The number of ether oxygens (including phenoxy) is 1. The van der Waals surface area contributed by atoms with Gasteiger partial charge in [-0.05, 0) is 60.2 Å². The summed E-state index contributed by atoms with van der Waals surface area (Å²) in [6, 6.07) is 16.0. The van der Waals surface area contributed by atoms with Crippen LogP contribution in [0.5, 0.6) is 5.75 Å². The van der Waals surface area contributed by atoms with Crippen LogP contribution in [0.3, 0.4) is 0 Å². The molecule has 3 aromatic carbocycles. The molecule has 0 saturated heterocycles. The number of hydrogen-bond donors (Lipinski definition) is 2. The van der Waals surface area contributed by atoms with Gasteiger partial charge in [-0.25, -0.2) is 17.5 Å². The number of anilines is 1. The summed E-state index contributed by atoms with van der Waals surface area (Å²) in [5.74, 6) is -0.882. The highest BCUT2D eigenvalue weighted by Crippen LogP contribution is 2.26. The molecule has 0 aliphatic carbocycles. The highest BCUT2D eigenvalue weighted by molar-refractivity contribution is 7.89. The van der Waals surface area contributed by atoms with Gasteiger partial charge in [0.15, 0.2) is 0 Å². The number of carbonyl (C=O) groups is 1. The molecule has 156 valence electrons. The van der Waals surface area contributed by atoms with E-state index in [1.807, 2.05) is 0 Å². The Labute approximate surface area is 178 Å². The van der Waals surface area contributed by atoms with Gasteiger partial charge < -0.3 is 10.1 Å². The lowest BCUT2D eigenvalue weighted by Gasteiger charge is -2.13. The summed E-state index contributed by atoms with van der Waals surface area (Å²) in [4.78, 5) is 12.3. The minimum Gasteiger partial charge on any atom is -0.495 e. The zero-order chi connectivity index (χ0) is 21.7. The van der Waals surface area contributed by atoms with Crippen molar-refractivity contribution in [2.45, 2.75) is 11.4 Å². The average molecular weight is 449 g/mol. The number of amides is 1. The summed E-state index contributed by atoms with van der Waals surface area (Å²) in [5, 5.41) is 3.14. The zero-order valence-electron chi connectivity index (χ0n) is 15.9. The quantitative estimate of drug-likeness (QED) is 0.566. The highest BCUT2D eigenvalue weighted by Gasteiger charge is 2.21. The van der Waals surface area contributed by atoms with Gasteiger partial charge in [0.25, 0.3) is 5.91 Å². The number of carbonyl (C=O) groups excluding carboxylic acids is 1. The first-order valence-corrected chi connectivity index (χ1v) is 10.6. The van der Waals surface area contributed by atoms with Gasteiger partial charge in [0, 0.05) is 22.8 Å². The van der Waals surface area contributed by atoms with Gasteiger partial charge in [0.1, 0.15) is 16.5 Å². The van der Waals surface area contributed by atoms with E-state index in [-0.39, 0.29) is 22.8 Å². The van der Waals surface area contributed by atoms with Gasteiger partial charge in [0.2, 0.25) is 10.0 Å². The summed E-state index contributed by atoms with van der Waals surface area (Å²) in [5.41, 5.74) is 1.20. The Morgan fingerprint density at radius 3 is 2.33 bits per heavy atom.